The highest BCUT2D eigenvalue weighted by Gasteiger charge is 2.15. The van der Waals surface area contributed by atoms with Crippen LogP contribution in [0.5, 0.6) is 0 Å². The molecule has 3 rings (SSSR count). The quantitative estimate of drug-likeness (QED) is 0.782. The SMILES string of the molecule is CCS(=O)(=O)c1ccc(NC(=O)c2coc3cc(F)ccc23)cc1. The monoisotopic (exact) mass is 347 g/mol. The number of rotatable bonds is 4. The van der Waals surface area contributed by atoms with E-state index in [-0.39, 0.29) is 21.8 Å². The molecular weight excluding hydrogens is 333 g/mol. The number of amides is 1. The third kappa shape index (κ3) is 3.03. The zero-order chi connectivity index (χ0) is 17.3. The molecule has 24 heavy (non-hydrogen) atoms. The zero-order valence-electron chi connectivity index (χ0n) is 12.7. The second-order valence-electron chi connectivity index (χ2n) is 5.17. The molecule has 1 N–H and O–H groups in total. The van der Waals surface area contributed by atoms with Crippen molar-refractivity contribution in [2.45, 2.75) is 11.8 Å². The van der Waals surface area contributed by atoms with Crippen LogP contribution < -0.4 is 5.32 Å². The maximum atomic E-state index is 13.1. The predicted octanol–water partition coefficient (Wildman–Crippen LogP) is 3.62. The van der Waals surface area contributed by atoms with E-state index < -0.39 is 21.6 Å². The van der Waals surface area contributed by atoms with Gasteiger partial charge in [-0.05, 0) is 36.4 Å². The number of fused-ring (bicyclic) bond motifs is 1. The van der Waals surface area contributed by atoms with Crippen LogP contribution in [0.15, 0.2) is 58.0 Å². The normalized spacial score (nSPS) is 11.6. The van der Waals surface area contributed by atoms with Gasteiger partial charge in [-0.25, -0.2) is 12.8 Å². The van der Waals surface area contributed by atoms with Crippen molar-refractivity contribution in [1.29, 1.82) is 0 Å². The smallest absolute Gasteiger partial charge is 0.259 e. The molecule has 7 heteroatoms. The Morgan fingerprint density at radius 2 is 1.88 bits per heavy atom. The van der Waals surface area contributed by atoms with Crippen LogP contribution >= 0.6 is 0 Å². The maximum Gasteiger partial charge on any atom is 0.259 e. The molecule has 1 amide bonds. The second-order valence-corrected chi connectivity index (χ2v) is 7.45. The Morgan fingerprint density at radius 1 is 1.17 bits per heavy atom. The molecule has 2 aromatic carbocycles. The first-order chi connectivity index (χ1) is 11.4. The average molecular weight is 347 g/mol. The highest BCUT2D eigenvalue weighted by atomic mass is 32.2. The summed E-state index contributed by atoms with van der Waals surface area (Å²) in [4.78, 5) is 12.5. The van der Waals surface area contributed by atoms with Gasteiger partial charge in [-0.1, -0.05) is 6.92 Å². The van der Waals surface area contributed by atoms with Crippen molar-refractivity contribution in [2.24, 2.45) is 0 Å². The fraction of sp³-hybridized carbons (Fsp3) is 0.118. The summed E-state index contributed by atoms with van der Waals surface area (Å²) in [5.41, 5.74) is 1.01. The lowest BCUT2D eigenvalue weighted by Gasteiger charge is -2.06. The first kappa shape index (κ1) is 16.2. The summed E-state index contributed by atoms with van der Waals surface area (Å²) in [5.74, 6) is -0.862. The van der Waals surface area contributed by atoms with E-state index in [4.69, 9.17) is 4.42 Å². The van der Waals surface area contributed by atoms with E-state index in [1.165, 1.54) is 48.7 Å². The van der Waals surface area contributed by atoms with Gasteiger partial charge in [0.2, 0.25) is 0 Å². The average Bonchev–Trinajstić information content (AvgIpc) is 2.98. The highest BCUT2D eigenvalue weighted by Crippen LogP contribution is 2.23. The number of nitrogens with one attached hydrogen (secondary N) is 1. The fourth-order valence-electron chi connectivity index (χ4n) is 2.29. The van der Waals surface area contributed by atoms with Gasteiger partial charge in [-0.15, -0.1) is 0 Å². The first-order valence-corrected chi connectivity index (χ1v) is 8.87. The molecule has 1 heterocycles. The Hall–Kier alpha value is -2.67. The van der Waals surface area contributed by atoms with Gasteiger partial charge in [-0.2, -0.15) is 0 Å². The molecule has 5 nitrogen and oxygen atoms in total. The van der Waals surface area contributed by atoms with E-state index in [0.717, 1.165) is 0 Å². The number of hydrogen-bond acceptors (Lipinski definition) is 4. The first-order valence-electron chi connectivity index (χ1n) is 7.21. The number of hydrogen-bond donors (Lipinski definition) is 1. The van der Waals surface area contributed by atoms with Crippen LogP contribution in [-0.2, 0) is 9.84 Å². The van der Waals surface area contributed by atoms with Crippen molar-refractivity contribution < 1.29 is 22.0 Å². The van der Waals surface area contributed by atoms with Crippen molar-refractivity contribution in [1.82, 2.24) is 0 Å². The Morgan fingerprint density at radius 3 is 2.54 bits per heavy atom. The van der Waals surface area contributed by atoms with Crippen LogP contribution in [0.4, 0.5) is 10.1 Å². The molecule has 0 saturated heterocycles. The summed E-state index contributed by atoms with van der Waals surface area (Å²) in [6.07, 6.45) is 1.26. The van der Waals surface area contributed by atoms with Gasteiger partial charge in [0.1, 0.15) is 17.7 Å². The van der Waals surface area contributed by atoms with Crippen molar-refractivity contribution in [3.63, 3.8) is 0 Å². The van der Waals surface area contributed by atoms with Crippen molar-refractivity contribution in [3.8, 4) is 0 Å². The number of halogens is 1. The van der Waals surface area contributed by atoms with E-state index in [2.05, 4.69) is 5.32 Å². The molecule has 0 bridgehead atoms. The van der Waals surface area contributed by atoms with Gasteiger partial charge in [-0.3, -0.25) is 4.79 Å². The molecule has 1 aromatic heterocycles. The maximum absolute atomic E-state index is 13.1. The van der Waals surface area contributed by atoms with Gasteiger partial charge in [0, 0.05) is 17.1 Å². The Bertz CT molecular complexity index is 1010. The fourth-order valence-corrected chi connectivity index (χ4v) is 3.17. The largest absolute Gasteiger partial charge is 0.463 e. The molecule has 0 atom stereocenters. The van der Waals surface area contributed by atoms with Gasteiger partial charge in [0.15, 0.2) is 9.84 Å². The number of anilines is 1. The zero-order valence-corrected chi connectivity index (χ0v) is 13.6. The minimum atomic E-state index is -3.28. The van der Waals surface area contributed by atoms with Crippen molar-refractivity contribution in [2.75, 3.05) is 11.1 Å². The van der Waals surface area contributed by atoms with Gasteiger partial charge in [0.25, 0.3) is 5.91 Å². The van der Waals surface area contributed by atoms with Crippen molar-refractivity contribution >= 4 is 32.4 Å². The van der Waals surface area contributed by atoms with E-state index in [0.29, 0.717) is 11.1 Å². The second kappa shape index (κ2) is 6.09. The molecule has 0 fully saturated rings. The Kier molecular flexibility index (Phi) is 4.11. The van der Waals surface area contributed by atoms with Crippen LogP contribution in [0, 0.1) is 5.82 Å². The summed E-state index contributed by atoms with van der Waals surface area (Å²) >= 11 is 0. The van der Waals surface area contributed by atoms with E-state index >= 15 is 0 Å². The summed E-state index contributed by atoms with van der Waals surface area (Å²) in [6.45, 7) is 1.57. The van der Waals surface area contributed by atoms with Gasteiger partial charge in [0.05, 0.1) is 16.2 Å². The molecule has 0 unspecified atom stereocenters. The highest BCUT2D eigenvalue weighted by molar-refractivity contribution is 7.91. The number of carbonyl (C=O) groups is 1. The number of furan rings is 1. The third-order valence-electron chi connectivity index (χ3n) is 3.63. The molecule has 124 valence electrons. The van der Waals surface area contributed by atoms with Crippen molar-refractivity contribution in [3.05, 3.63) is 60.1 Å². The van der Waals surface area contributed by atoms with Gasteiger partial charge < -0.3 is 9.73 Å². The van der Waals surface area contributed by atoms with Crippen LogP contribution in [-0.4, -0.2) is 20.1 Å². The van der Waals surface area contributed by atoms with Gasteiger partial charge >= 0.3 is 0 Å². The molecular formula is C17H14FNO4S. The number of sulfone groups is 1. The molecule has 0 saturated carbocycles. The number of benzene rings is 2. The molecule has 3 aromatic rings. The van der Waals surface area contributed by atoms with Crippen LogP contribution in [0.1, 0.15) is 17.3 Å². The molecule has 0 spiro atoms. The molecule has 0 radical (unpaired) electrons. The Labute approximate surface area is 138 Å². The summed E-state index contributed by atoms with van der Waals surface area (Å²) < 4.78 is 41.9. The molecule has 0 aliphatic rings. The minimum Gasteiger partial charge on any atom is -0.463 e. The lowest BCUT2D eigenvalue weighted by Crippen LogP contribution is -2.11. The topological polar surface area (TPSA) is 76.4 Å². The molecule has 0 aliphatic carbocycles. The predicted molar refractivity (Wildman–Crippen MR) is 88.3 cm³/mol. The minimum absolute atomic E-state index is 0.0102. The summed E-state index contributed by atoms with van der Waals surface area (Å²) in [5, 5.41) is 3.16. The standard InChI is InChI=1S/C17H14FNO4S/c1-2-24(21,22)13-6-4-12(5-7-13)19-17(20)15-10-23-16-9-11(18)3-8-14(15)16/h3-10H,2H2,1H3,(H,19,20). The lowest BCUT2D eigenvalue weighted by molar-refractivity contribution is 0.102. The lowest BCUT2D eigenvalue weighted by atomic mass is 10.1. The van der Waals surface area contributed by atoms with Crippen LogP contribution in [0.2, 0.25) is 0 Å². The molecule has 0 aliphatic heterocycles. The Balaban J connectivity index is 1.84. The van der Waals surface area contributed by atoms with Crippen LogP contribution in [0.3, 0.4) is 0 Å². The summed E-state index contributed by atoms with van der Waals surface area (Å²) in [6, 6.07) is 9.84. The summed E-state index contributed by atoms with van der Waals surface area (Å²) in [7, 11) is -3.28. The third-order valence-corrected chi connectivity index (χ3v) is 5.38. The van der Waals surface area contributed by atoms with Crippen LogP contribution in [0.25, 0.3) is 11.0 Å². The number of carbonyl (C=O) groups excluding carboxylic acids is 1. The van der Waals surface area contributed by atoms with E-state index in [1.54, 1.807) is 6.92 Å². The van der Waals surface area contributed by atoms with E-state index in [1.807, 2.05) is 0 Å². The van der Waals surface area contributed by atoms with E-state index in [9.17, 15) is 17.6 Å².